The number of aromatic hydroxyl groups is 1. The fourth-order valence-corrected chi connectivity index (χ4v) is 4.78. The molecule has 0 spiro atoms. The second-order valence-corrected chi connectivity index (χ2v) is 8.92. The highest BCUT2D eigenvalue weighted by Crippen LogP contribution is 2.38. The number of methoxy groups -OCH3 is 1. The average molecular weight is 466 g/mol. The minimum atomic E-state index is -0.795. The lowest BCUT2D eigenvalue weighted by molar-refractivity contribution is 0.101. The van der Waals surface area contributed by atoms with Gasteiger partial charge in [0.1, 0.15) is 28.6 Å². The van der Waals surface area contributed by atoms with Gasteiger partial charge >= 0.3 is 0 Å². The van der Waals surface area contributed by atoms with Crippen LogP contribution in [0.5, 0.6) is 17.2 Å². The first kappa shape index (κ1) is 22.4. The number of likely N-dealkylation sites (N-methyl/N-ethyl adjacent to an activating group) is 1. The SMILES string of the molecule is COc1ccc2c(c1)c(/C=C1\Oc3cc(O)cc(F)c3C1=O)c(C)n2CCN1CCN(C)CC1. The predicted molar refractivity (Wildman–Crippen MR) is 128 cm³/mol. The molecular formula is C26H28FN3O4. The van der Waals surface area contributed by atoms with Crippen molar-refractivity contribution in [3.05, 3.63) is 58.7 Å². The van der Waals surface area contributed by atoms with Crippen molar-refractivity contribution >= 4 is 22.8 Å². The zero-order chi connectivity index (χ0) is 24.0. The third-order valence-electron chi connectivity index (χ3n) is 6.80. The maximum absolute atomic E-state index is 14.3. The number of ketones is 1. The van der Waals surface area contributed by atoms with Gasteiger partial charge in [-0.25, -0.2) is 4.39 Å². The maximum atomic E-state index is 14.3. The number of halogens is 1. The summed E-state index contributed by atoms with van der Waals surface area (Å²) < 4.78 is 27.7. The number of carbonyl (C=O) groups excluding carboxylic acids is 1. The lowest BCUT2D eigenvalue weighted by Crippen LogP contribution is -2.45. The Bertz CT molecular complexity index is 1310. The van der Waals surface area contributed by atoms with Crippen molar-refractivity contribution in [1.29, 1.82) is 0 Å². The Balaban J connectivity index is 1.52. The van der Waals surface area contributed by atoms with Gasteiger partial charge in [-0.05, 0) is 38.2 Å². The van der Waals surface area contributed by atoms with Crippen molar-refractivity contribution in [3.8, 4) is 17.2 Å². The van der Waals surface area contributed by atoms with Gasteiger partial charge in [0.25, 0.3) is 0 Å². The van der Waals surface area contributed by atoms with Crippen LogP contribution in [-0.4, -0.2) is 72.1 Å². The van der Waals surface area contributed by atoms with E-state index in [1.165, 1.54) is 6.07 Å². The molecule has 3 heterocycles. The quantitative estimate of drug-likeness (QED) is 0.580. The zero-order valence-corrected chi connectivity index (χ0v) is 19.6. The molecular weight excluding hydrogens is 437 g/mol. The number of allylic oxidation sites excluding steroid dienone is 1. The first-order valence-corrected chi connectivity index (χ1v) is 11.4. The summed E-state index contributed by atoms with van der Waals surface area (Å²) in [7, 11) is 3.76. The Morgan fingerprint density at radius 2 is 1.91 bits per heavy atom. The summed E-state index contributed by atoms with van der Waals surface area (Å²) in [5.41, 5.74) is 2.69. The summed E-state index contributed by atoms with van der Waals surface area (Å²) >= 11 is 0. The highest BCUT2D eigenvalue weighted by Gasteiger charge is 2.32. The Labute approximate surface area is 197 Å². The maximum Gasteiger partial charge on any atom is 0.234 e. The van der Waals surface area contributed by atoms with Crippen LogP contribution < -0.4 is 9.47 Å². The van der Waals surface area contributed by atoms with Gasteiger partial charge in [0.2, 0.25) is 5.78 Å². The van der Waals surface area contributed by atoms with Crippen LogP contribution in [0.2, 0.25) is 0 Å². The number of Topliss-reactive ketones (excluding diaryl/α,β-unsaturated/α-hetero) is 1. The van der Waals surface area contributed by atoms with Gasteiger partial charge in [0.05, 0.1) is 7.11 Å². The topological polar surface area (TPSA) is 67.2 Å². The van der Waals surface area contributed by atoms with Crippen molar-refractivity contribution < 1.29 is 23.8 Å². The number of piperazine rings is 1. The van der Waals surface area contributed by atoms with Crippen LogP contribution in [-0.2, 0) is 6.54 Å². The highest BCUT2D eigenvalue weighted by molar-refractivity contribution is 6.15. The van der Waals surface area contributed by atoms with Gasteiger partial charge in [0.15, 0.2) is 5.76 Å². The van der Waals surface area contributed by atoms with Crippen molar-refractivity contribution in [1.82, 2.24) is 14.4 Å². The minimum absolute atomic E-state index is 0.0304. The summed E-state index contributed by atoms with van der Waals surface area (Å²) in [6.07, 6.45) is 1.67. The molecule has 1 N–H and O–H groups in total. The first-order chi connectivity index (χ1) is 16.4. The molecule has 1 aromatic heterocycles. The summed E-state index contributed by atoms with van der Waals surface area (Å²) in [5.74, 6) is -0.844. The fraction of sp³-hybridized carbons (Fsp3) is 0.346. The second kappa shape index (κ2) is 8.77. The molecule has 0 bridgehead atoms. The molecule has 7 nitrogen and oxygen atoms in total. The number of benzene rings is 2. The van der Waals surface area contributed by atoms with E-state index >= 15 is 0 Å². The van der Waals surface area contributed by atoms with E-state index < -0.39 is 11.6 Å². The number of nitrogens with zero attached hydrogens (tertiary/aromatic N) is 3. The molecule has 1 fully saturated rings. The lowest BCUT2D eigenvalue weighted by Gasteiger charge is -2.32. The van der Waals surface area contributed by atoms with Gasteiger partial charge in [-0.1, -0.05) is 0 Å². The number of rotatable bonds is 5. The number of ether oxygens (including phenoxy) is 2. The first-order valence-electron chi connectivity index (χ1n) is 11.4. The number of hydrogen-bond acceptors (Lipinski definition) is 6. The molecule has 0 atom stereocenters. The summed E-state index contributed by atoms with van der Waals surface area (Å²) in [4.78, 5) is 17.7. The summed E-state index contributed by atoms with van der Waals surface area (Å²) in [5, 5.41) is 10.6. The molecule has 1 saturated heterocycles. The molecule has 2 aliphatic rings. The van der Waals surface area contributed by atoms with E-state index in [1.807, 2.05) is 25.1 Å². The second-order valence-electron chi connectivity index (χ2n) is 8.92. The normalized spacial score (nSPS) is 18.0. The van der Waals surface area contributed by atoms with E-state index in [0.29, 0.717) is 5.75 Å². The summed E-state index contributed by atoms with van der Waals surface area (Å²) in [6, 6.07) is 8.07. The smallest absolute Gasteiger partial charge is 0.234 e. The third kappa shape index (κ3) is 3.93. The predicted octanol–water partition coefficient (Wildman–Crippen LogP) is 3.67. The Morgan fingerprint density at radius 1 is 1.15 bits per heavy atom. The van der Waals surface area contributed by atoms with E-state index in [2.05, 4.69) is 21.4 Å². The van der Waals surface area contributed by atoms with E-state index in [4.69, 9.17) is 9.47 Å². The molecule has 34 heavy (non-hydrogen) atoms. The Morgan fingerprint density at radius 3 is 2.65 bits per heavy atom. The zero-order valence-electron chi connectivity index (χ0n) is 19.6. The van der Waals surface area contributed by atoms with Gasteiger partial charge in [-0.2, -0.15) is 0 Å². The van der Waals surface area contributed by atoms with Crippen molar-refractivity contribution in [2.75, 3.05) is 46.9 Å². The molecule has 8 heteroatoms. The van der Waals surface area contributed by atoms with E-state index in [9.17, 15) is 14.3 Å². The van der Waals surface area contributed by atoms with Crippen molar-refractivity contribution in [3.63, 3.8) is 0 Å². The number of hydrogen-bond donors (Lipinski definition) is 1. The number of aromatic nitrogens is 1. The standard InChI is InChI=1S/C26H28FN3O4/c1-16-19(15-24-26(32)25-21(27)12-17(31)13-23(25)34-24)20-14-18(33-3)4-5-22(20)30(16)11-10-29-8-6-28(2)7-9-29/h4-5,12-15,31H,6-11H2,1-3H3/b24-15-. The van der Waals surface area contributed by atoms with Crippen LogP contribution in [0.3, 0.4) is 0 Å². The molecule has 2 aliphatic heterocycles. The number of phenolic OH excluding ortho intramolecular Hbond substituents is 1. The van der Waals surface area contributed by atoms with Gasteiger partial charge in [-0.15, -0.1) is 0 Å². The molecule has 5 rings (SSSR count). The van der Waals surface area contributed by atoms with Crippen LogP contribution in [0.15, 0.2) is 36.1 Å². The molecule has 0 radical (unpaired) electrons. The summed E-state index contributed by atoms with van der Waals surface area (Å²) in [6.45, 7) is 7.95. The van der Waals surface area contributed by atoms with Gasteiger partial charge < -0.3 is 24.0 Å². The van der Waals surface area contributed by atoms with Crippen molar-refractivity contribution in [2.24, 2.45) is 0 Å². The average Bonchev–Trinajstić information content (AvgIpc) is 3.26. The van der Waals surface area contributed by atoms with Crippen LogP contribution in [0.4, 0.5) is 4.39 Å². The molecule has 0 amide bonds. The fourth-order valence-electron chi connectivity index (χ4n) is 4.78. The molecule has 178 valence electrons. The van der Waals surface area contributed by atoms with Gasteiger partial charge in [0, 0.05) is 73.6 Å². The lowest BCUT2D eigenvalue weighted by atomic mass is 10.1. The van der Waals surface area contributed by atoms with Crippen LogP contribution in [0.1, 0.15) is 21.6 Å². The molecule has 0 aliphatic carbocycles. The highest BCUT2D eigenvalue weighted by atomic mass is 19.1. The van der Waals surface area contributed by atoms with Crippen LogP contribution in [0, 0.1) is 12.7 Å². The molecule has 0 saturated carbocycles. The molecule has 3 aromatic rings. The number of carbonyl (C=O) groups is 1. The van der Waals surface area contributed by atoms with E-state index in [1.54, 1.807) is 13.2 Å². The Kier molecular flexibility index (Phi) is 5.79. The van der Waals surface area contributed by atoms with Crippen LogP contribution >= 0.6 is 0 Å². The monoisotopic (exact) mass is 465 g/mol. The third-order valence-corrected chi connectivity index (χ3v) is 6.80. The Hall–Kier alpha value is -3.36. The van der Waals surface area contributed by atoms with Crippen LogP contribution in [0.25, 0.3) is 17.0 Å². The molecule has 0 unspecified atom stereocenters. The minimum Gasteiger partial charge on any atom is -0.508 e. The largest absolute Gasteiger partial charge is 0.508 e. The molecule has 2 aromatic carbocycles. The van der Waals surface area contributed by atoms with E-state index in [0.717, 1.165) is 67.5 Å². The van der Waals surface area contributed by atoms with Gasteiger partial charge in [-0.3, -0.25) is 9.69 Å². The number of fused-ring (bicyclic) bond motifs is 2. The van der Waals surface area contributed by atoms with E-state index in [-0.39, 0.29) is 22.8 Å². The van der Waals surface area contributed by atoms with Crippen molar-refractivity contribution in [2.45, 2.75) is 13.5 Å². The number of phenols is 1.